The molecule has 0 bridgehead atoms. The third-order valence-electron chi connectivity index (χ3n) is 4.79. The fraction of sp³-hybridized carbons (Fsp3) is 0.217. The first-order chi connectivity index (χ1) is 14.8. The number of methoxy groups -OCH3 is 3. The van der Waals surface area contributed by atoms with E-state index in [1.54, 1.807) is 56.5 Å². The molecule has 0 aliphatic heterocycles. The van der Waals surface area contributed by atoms with E-state index in [2.05, 4.69) is 0 Å². The van der Waals surface area contributed by atoms with Gasteiger partial charge >= 0.3 is 0 Å². The van der Waals surface area contributed by atoms with Gasteiger partial charge in [-0.1, -0.05) is 12.1 Å². The molecule has 0 aliphatic carbocycles. The van der Waals surface area contributed by atoms with Crippen LogP contribution in [-0.2, 0) is 16.6 Å². The van der Waals surface area contributed by atoms with Crippen LogP contribution >= 0.6 is 0 Å². The standard InChI is InChI=1S/C23H24FNO5S/c1-16-10-18(24)8-9-23(16)31(26,27)25(15-17-6-5-7-20(11-17)28-2)19-12-21(29-3)14-22(13-19)30-4/h5-14H,15H2,1-4H3. The highest BCUT2D eigenvalue weighted by Gasteiger charge is 2.28. The maximum atomic E-state index is 13.7. The van der Waals surface area contributed by atoms with Crippen molar-refractivity contribution < 1.29 is 27.0 Å². The molecule has 3 aromatic carbocycles. The first-order valence-electron chi connectivity index (χ1n) is 9.43. The Morgan fingerprint density at radius 3 is 2.06 bits per heavy atom. The molecule has 0 N–H and O–H groups in total. The number of hydrogen-bond acceptors (Lipinski definition) is 5. The number of ether oxygens (including phenoxy) is 3. The fourth-order valence-electron chi connectivity index (χ4n) is 3.21. The Morgan fingerprint density at radius 2 is 1.48 bits per heavy atom. The number of sulfonamides is 1. The van der Waals surface area contributed by atoms with Crippen molar-refractivity contribution >= 4 is 15.7 Å². The van der Waals surface area contributed by atoms with E-state index in [0.29, 0.717) is 34.1 Å². The minimum atomic E-state index is -4.05. The smallest absolute Gasteiger partial charge is 0.264 e. The summed E-state index contributed by atoms with van der Waals surface area (Å²) in [6.45, 7) is 1.58. The summed E-state index contributed by atoms with van der Waals surface area (Å²) in [6, 6.07) is 15.6. The van der Waals surface area contributed by atoms with Crippen LogP contribution in [0.15, 0.2) is 65.6 Å². The highest BCUT2D eigenvalue weighted by molar-refractivity contribution is 7.92. The van der Waals surface area contributed by atoms with Crippen molar-refractivity contribution in [3.63, 3.8) is 0 Å². The largest absolute Gasteiger partial charge is 0.497 e. The highest BCUT2D eigenvalue weighted by atomic mass is 32.2. The van der Waals surface area contributed by atoms with Crippen LogP contribution in [0.2, 0.25) is 0 Å². The SMILES string of the molecule is COc1cccc(CN(c2cc(OC)cc(OC)c2)S(=O)(=O)c2ccc(F)cc2C)c1. The van der Waals surface area contributed by atoms with Crippen molar-refractivity contribution in [2.24, 2.45) is 0 Å². The van der Waals surface area contributed by atoms with Gasteiger partial charge in [0.2, 0.25) is 0 Å². The normalized spacial score (nSPS) is 11.1. The molecular weight excluding hydrogens is 421 g/mol. The van der Waals surface area contributed by atoms with E-state index in [1.807, 2.05) is 0 Å². The topological polar surface area (TPSA) is 65.1 Å². The zero-order chi connectivity index (χ0) is 22.6. The van der Waals surface area contributed by atoms with Crippen LogP contribution in [0.4, 0.5) is 10.1 Å². The monoisotopic (exact) mass is 445 g/mol. The fourth-order valence-corrected chi connectivity index (χ4v) is 4.85. The van der Waals surface area contributed by atoms with Gasteiger partial charge in [-0.05, 0) is 48.4 Å². The molecule has 0 atom stereocenters. The van der Waals surface area contributed by atoms with E-state index >= 15 is 0 Å². The van der Waals surface area contributed by atoms with E-state index in [0.717, 1.165) is 6.07 Å². The molecule has 0 saturated heterocycles. The Labute approximate surface area is 181 Å². The summed E-state index contributed by atoms with van der Waals surface area (Å²) in [4.78, 5) is 0.0126. The van der Waals surface area contributed by atoms with Crippen LogP contribution < -0.4 is 18.5 Å². The molecule has 3 rings (SSSR count). The van der Waals surface area contributed by atoms with Gasteiger partial charge in [0.25, 0.3) is 10.0 Å². The van der Waals surface area contributed by atoms with Crippen LogP contribution in [0.25, 0.3) is 0 Å². The molecule has 0 saturated carbocycles. The molecule has 0 spiro atoms. The predicted molar refractivity (Wildman–Crippen MR) is 117 cm³/mol. The molecule has 3 aromatic rings. The second-order valence-corrected chi connectivity index (χ2v) is 8.67. The molecular formula is C23H24FNO5S. The third-order valence-corrected chi connectivity index (χ3v) is 6.72. The molecule has 6 nitrogen and oxygen atoms in total. The Bertz CT molecular complexity index is 1160. The Morgan fingerprint density at radius 1 is 0.839 bits per heavy atom. The van der Waals surface area contributed by atoms with Crippen molar-refractivity contribution in [3.8, 4) is 17.2 Å². The van der Waals surface area contributed by atoms with Crippen LogP contribution in [0.3, 0.4) is 0 Å². The Kier molecular flexibility index (Phi) is 6.70. The van der Waals surface area contributed by atoms with Gasteiger partial charge in [0.05, 0.1) is 38.5 Å². The van der Waals surface area contributed by atoms with Crippen LogP contribution in [-0.4, -0.2) is 29.7 Å². The molecule has 164 valence electrons. The summed E-state index contributed by atoms with van der Waals surface area (Å²) < 4.78 is 58.2. The number of nitrogens with zero attached hydrogens (tertiary/aromatic N) is 1. The first-order valence-corrected chi connectivity index (χ1v) is 10.9. The minimum absolute atomic E-state index is 0.0126. The van der Waals surface area contributed by atoms with Crippen LogP contribution in [0.5, 0.6) is 17.2 Å². The molecule has 0 heterocycles. The zero-order valence-electron chi connectivity index (χ0n) is 17.8. The summed E-state index contributed by atoms with van der Waals surface area (Å²) in [6.07, 6.45) is 0. The van der Waals surface area contributed by atoms with Gasteiger partial charge in [-0.25, -0.2) is 12.8 Å². The quantitative estimate of drug-likeness (QED) is 0.509. The van der Waals surface area contributed by atoms with Gasteiger partial charge in [0.1, 0.15) is 23.1 Å². The third kappa shape index (κ3) is 4.91. The molecule has 8 heteroatoms. The second-order valence-electron chi connectivity index (χ2n) is 6.84. The average molecular weight is 446 g/mol. The predicted octanol–water partition coefficient (Wildman–Crippen LogP) is 4.56. The zero-order valence-corrected chi connectivity index (χ0v) is 18.6. The number of rotatable bonds is 8. The maximum absolute atomic E-state index is 13.7. The lowest BCUT2D eigenvalue weighted by Crippen LogP contribution is -2.31. The Balaban J connectivity index is 2.18. The Hall–Kier alpha value is -3.26. The number of benzene rings is 3. The molecule has 0 fully saturated rings. The molecule has 0 radical (unpaired) electrons. The van der Waals surface area contributed by atoms with Gasteiger partial charge in [-0.2, -0.15) is 0 Å². The summed E-state index contributed by atoms with van der Waals surface area (Å²) in [7, 11) is 0.469. The van der Waals surface area contributed by atoms with E-state index in [9.17, 15) is 12.8 Å². The van der Waals surface area contributed by atoms with Crippen molar-refractivity contribution in [2.75, 3.05) is 25.6 Å². The summed E-state index contributed by atoms with van der Waals surface area (Å²) in [5, 5.41) is 0. The summed E-state index contributed by atoms with van der Waals surface area (Å²) in [5.74, 6) is 0.988. The molecule has 0 aromatic heterocycles. The van der Waals surface area contributed by atoms with Gasteiger partial charge in [-0.3, -0.25) is 4.31 Å². The van der Waals surface area contributed by atoms with Crippen LogP contribution in [0.1, 0.15) is 11.1 Å². The lowest BCUT2D eigenvalue weighted by atomic mass is 10.2. The van der Waals surface area contributed by atoms with Crippen LogP contribution in [0, 0.1) is 12.7 Å². The van der Waals surface area contributed by atoms with E-state index in [-0.39, 0.29) is 11.4 Å². The number of halogens is 1. The number of anilines is 1. The van der Waals surface area contributed by atoms with Gasteiger partial charge in [0.15, 0.2) is 0 Å². The van der Waals surface area contributed by atoms with Crippen molar-refractivity contribution in [1.29, 1.82) is 0 Å². The number of hydrogen-bond donors (Lipinski definition) is 0. The summed E-state index contributed by atoms with van der Waals surface area (Å²) >= 11 is 0. The lowest BCUT2D eigenvalue weighted by molar-refractivity contribution is 0.394. The lowest BCUT2D eigenvalue weighted by Gasteiger charge is -2.26. The second kappa shape index (κ2) is 9.26. The molecule has 31 heavy (non-hydrogen) atoms. The van der Waals surface area contributed by atoms with Crippen molar-refractivity contribution in [1.82, 2.24) is 0 Å². The first kappa shape index (κ1) is 22.4. The van der Waals surface area contributed by atoms with Crippen molar-refractivity contribution in [2.45, 2.75) is 18.4 Å². The molecule has 0 aliphatic rings. The molecule has 0 amide bonds. The van der Waals surface area contributed by atoms with E-state index in [1.165, 1.54) is 30.7 Å². The average Bonchev–Trinajstić information content (AvgIpc) is 2.76. The summed E-state index contributed by atoms with van der Waals surface area (Å²) in [5.41, 5.74) is 1.37. The highest BCUT2D eigenvalue weighted by Crippen LogP contribution is 2.34. The van der Waals surface area contributed by atoms with E-state index in [4.69, 9.17) is 14.2 Å². The van der Waals surface area contributed by atoms with Crippen molar-refractivity contribution in [3.05, 3.63) is 77.6 Å². The molecule has 0 unspecified atom stereocenters. The maximum Gasteiger partial charge on any atom is 0.264 e. The van der Waals surface area contributed by atoms with Gasteiger partial charge in [-0.15, -0.1) is 0 Å². The minimum Gasteiger partial charge on any atom is -0.497 e. The van der Waals surface area contributed by atoms with E-state index < -0.39 is 15.8 Å². The van der Waals surface area contributed by atoms with Gasteiger partial charge in [0, 0.05) is 18.2 Å². The van der Waals surface area contributed by atoms with Gasteiger partial charge < -0.3 is 14.2 Å². The number of aryl methyl sites for hydroxylation is 1.